The molecule has 0 radical (unpaired) electrons. The van der Waals surface area contributed by atoms with Crippen molar-refractivity contribution in [2.45, 2.75) is 14.6 Å². The minimum absolute atomic E-state index is 0.442. The maximum absolute atomic E-state index is 12.1. The third kappa shape index (κ3) is 4.87. The van der Waals surface area contributed by atoms with Crippen LogP contribution in [0, 0.1) is 0 Å². The van der Waals surface area contributed by atoms with Crippen molar-refractivity contribution >= 4 is 58.3 Å². The lowest BCUT2D eigenvalue weighted by Gasteiger charge is -2.15. The summed E-state index contributed by atoms with van der Waals surface area (Å²) in [6.07, 6.45) is 4.11. The molecule has 6 heteroatoms. The summed E-state index contributed by atoms with van der Waals surface area (Å²) < 4.78 is 0. The number of anilines is 1. The van der Waals surface area contributed by atoms with Gasteiger partial charge in [0.1, 0.15) is 0 Å². The van der Waals surface area contributed by atoms with Crippen molar-refractivity contribution in [3.63, 3.8) is 0 Å². The number of benzene rings is 3. The summed E-state index contributed by atoms with van der Waals surface area (Å²) in [6.45, 7) is 0. The molecule has 0 aliphatic heterocycles. The number of nitrogens with one attached hydrogen (secondary N) is 1. The summed E-state index contributed by atoms with van der Waals surface area (Å²) in [6, 6.07) is 22.5. The lowest BCUT2D eigenvalue weighted by molar-refractivity contribution is -0.114. The molecule has 3 rings (SSSR count). The molecule has 1 N–H and O–H groups in total. The fourth-order valence-corrected chi connectivity index (χ4v) is 4.32. The molecule has 28 heavy (non-hydrogen) atoms. The zero-order chi connectivity index (χ0) is 20.1. The molecule has 0 aliphatic rings. The second kappa shape index (κ2) is 9.75. The number of thioether (sulfide) groups is 2. The largest absolute Gasteiger partial charge is 0.324 e. The van der Waals surface area contributed by atoms with Gasteiger partial charge in [0, 0.05) is 15.5 Å². The van der Waals surface area contributed by atoms with E-state index in [1.807, 2.05) is 36.4 Å². The smallest absolute Gasteiger partial charge is 0.257 e. The molecule has 0 bridgehead atoms. The van der Waals surface area contributed by atoms with Gasteiger partial charge in [-0.15, -0.1) is 23.5 Å². The van der Waals surface area contributed by atoms with Gasteiger partial charge in [0.15, 0.2) is 4.84 Å². The Hall–Kier alpha value is -1.59. The van der Waals surface area contributed by atoms with Crippen LogP contribution in [-0.2, 0) is 4.79 Å². The summed E-state index contributed by atoms with van der Waals surface area (Å²) in [5.41, 5.74) is 4.93. The van der Waals surface area contributed by atoms with E-state index in [4.69, 9.17) is 23.2 Å². The van der Waals surface area contributed by atoms with Crippen LogP contribution >= 0.6 is 46.7 Å². The predicted octanol–water partition coefficient (Wildman–Crippen LogP) is 7.21. The van der Waals surface area contributed by atoms with E-state index in [2.05, 4.69) is 48.2 Å². The second-order valence-electron chi connectivity index (χ2n) is 5.99. The predicted molar refractivity (Wildman–Crippen MR) is 125 cm³/mol. The molecule has 0 spiro atoms. The summed E-state index contributed by atoms with van der Waals surface area (Å²) in [4.78, 5) is 13.3. The van der Waals surface area contributed by atoms with Gasteiger partial charge in [0.2, 0.25) is 0 Å². The Morgan fingerprint density at radius 3 is 1.71 bits per heavy atom. The Morgan fingerprint density at radius 2 is 1.29 bits per heavy atom. The molecule has 0 aliphatic carbocycles. The fourth-order valence-electron chi connectivity index (χ4n) is 2.97. The third-order valence-corrected chi connectivity index (χ3v) is 6.22. The number of carbonyl (C=O) groups is 1. The molecule has 0 atom stereocenters. The molecule has 2 nitrogen and oxygen atoms in total. The lowest BCUT2D eigenvalue weighted by Crippen LogP contribution is -2.18. The van der Waals surface area contributed by atoms with Gasteiger partial charge < -0.3 is 5.32 Å². The van der Waals surface area contributed by atoms with Crippen LogP contribution in [0.1, 0.15) is 0 Å². The highest BCUT2D eigenvalue weighted by molar-refractivity contribution is 7.99. The Bertz CT molecular complexity index is 926. The summed E-state index contributed by atoms with van der Waals surface area (Å²) >= 11 is 14.8. The van der Waals surface area contributed by atoms with E-state index in [0.717, 1.165) is 22.3 Å². The maximum Gasteiger partial charge on any atom is 0.257 e. The Kier molecular flexibility index (Phi) is 7.36. The Balaban J connectivity index is 2.18. The van der Waals surface area contributed by atoms with Crippen molar-refractivity contribution in [1.82, 2.24) is 0 Å². The summed E-state index contributed by atoms with van der Waals surface area (Å²) in [7, 11) is 0. The van der Waals surface area contributed by atoms with Crippen LogP contribution in [0.4, 0.5) is 5.69 Å². The van der Waals surface area contributed by atoms with E-state index in [-0.39, 0.29) is 0 Å². The van der Waals surface area contributed by atoms with Gasteiger partial charge in [0.05, 0.1) is 0 Å². The molecule has 0 saturated carbocycles. The molecular weight excluding hydrogens is 429 g/mol. The van der Waals surface area contributed by atoms with Crippen LogP contribution in [-0.4, -0.2) is 23.3 Å². The summed E-state index contributed by atoms with van der Waals surface area (Å²) in [5, 5.41) is 2.82. The van der Waals surface area contributed by atoms with Crippen LogP contribution in [0.5, 0.6) is 0 Å². The quantitative estimate of drug-likeness (QED) is 0.319. The van der Waals surface area contributed by atoms with E-state index in [1.165, 1.54) is 9.79 Å². The highest BCUT2D eigenvalue weighted by atomic mass is 35.5. The van der Waals surface area contributed by atoms with Crippen molar-refractivity contribution in [3.8, 4) is 22.3 Å². The average Bonchev–Trinajstić information content (AvgIpc) is 2.73. The molecular formula is C22H19Cl2NOS2. The molecule has 3 aromatic rings. The van der Waals surface area contributed by atoms with Crippen molar-refractivity contribution in [3.05, 3.63) is 66.7 Å². The summed E-state index contributed by atoms with van der Waals surface area (Å²) in [5.74, 6) is -0.442. The first-order chi connectivity index (χ1) is 13.5. The van der Waals surface area contributed by atoms with Gasteiger partial charge >= 0.3 is 0 Å². The lowest BCUT2D eigenvalue weighted by atomic mass is 9.98. The standard InChI is InChI=1S/C22H19Cl2NOS2/c1-27-19-9-5-3-7-17(19)14-11-15(18-8-4-6-10-20(18)28-2)13-16(12-14)25-22(26)21(23)24/h3-13,21H,1-2H3,(H,25,26). The number of halogens is 2. The van der Waals surface area contributed by atoms with E-state index >= 15 is 0 Å². The maximum atomic E-state index is 12.1. The molecule has 0 saturated heterocycles. The highest BCUT2D eigenvalue weighted by Crippen LogP contribution is 2.37. The average molecular weight is 448 g/mol. The van der Waals surface area contributed by atoms with Gasteiger partial charge in [-0.1, -0.05) is 59.6 Å². The number of hydrogen-bond donors (Lipinski definition) is 1. The molecule has 0 unspecified atom stereocenters. The monoisotopic (exact) mass is 447 g/mol. The van der Waals surface area contributed by atoms with Crippen LogP contribution in [0.15, 0.2) is 76.5 Å². The minimum atomic E-state index is -1.12. The molecule has 1 amide bonds. The van der Waals surface area contributed by atoms with Crippen molar-refractivity contribution in [1.29, 1.82) is 0 Å². The molecule has 0 aromatic heterocycles. The van der Waals surface area contributed by atoms with Gasteiger partial charge in [-0.2, -0.15) is 0 Å². The fraction of sp³-hybridized carbons (Fsp3) is 0.136. The third-order valence-electron chi connectivity index (χ3n) is 4.23. The van der Waals surface area contributed by atoms with Gasteiger partial charge in [0.25, 0.3) is 5.91 Å². The van der Waals surface area contributed by atoms with Crippen molar-refractivity contribution in [2.75, 3.05) is 17.8 Å². The first-order valence-corrected chi connectivity index (χ1v) is 11.9. The number of carbonyl (C=O) groups excluding carboxylic acids is 1. The second-order valence-corrected chi connectivity index (χ2v) is 8.78. The number of alkyl halides is 2. The van der Waals surface area contributed by atoms with E-state index < -0.39 is 10.7 Å². The zero-order valence-corrected chi connectivity index (χ0v) is 18.6. The Morgan fingerprint density at radius 1 is 0.821 bits per heavy atom. The van der Waals surface area contributed by atoms with Gasteiger partial charge in [-0.25, -0.2) is 0 Å². The Labute approximate surface area is 184 Å². The molecule has 0 heterocycles. The number of amides is 1. The zero-order valence-electron chi connectivity index (χ0n) is 15.4. The number of rotatable bonds is 6. The van der Waals surface area contributed by atoms with E-state index in [1.54, 1.807) is 23.5 Å². The minimum Gasteiger partial charge on any atom is -0.324 e. The van der Waals surface area contributed by atoms with Crippen LogP contribution < -0.4 is 5.32 Å². The normalized spacial score (nSPS) is 10.9. The van der Waals surface area contributed by atoms with Crippen LogP contribution in [0.2, 0.25) is 0 Å². The highest BCUT2D eigenvalue weighted by Gasteiger charge is 2.15. The van der Waals surface area contributed by atoms with Gasteiger partial charge in [-0.05, 0) is 65.1 Å². The van der Waals surface area contributed by atoms with Crippen LogP contribution in [0.3, 0.4) is 0 Å². The molecule has 144 valence electrons. The van der Waals surface area contributed by atoms with Crippen LogP contribution in [0.25, 0.3) is 22.3 Å². The SMILES string of the molecule is CSc1ccccc1-c1cc(NC(=O)C(Cl)Cl)cc(-c2ccccc2SC)c1. The molecule has 0 fully saturated rings. The van der Waals surface area contributed by atoms with Crippen molar-refractivity contribution in [2.24, 2.45) is 0 Å². The van der Waals surface area contributed by atoms with Gasteiger partial charge in [-0.3, -0.25) is 4.79 Å². The first kappa shape index (κ1) is 21.1. The van der Waals surface area contributed by atoms with Crippen molar-refractivity contribution < 1.29 is 4.79 Å². The topological polar surface area (TPSA) is 29.1 Å². The van der Waals surface area contributed by atoms with E-state index in [0.29, 0.717) is 5.69 Å². The number of hydrogen-bond acceptors (Lipinski definition) is 3. The molecule has 3 aromatic carbocycles. The first-order valence-electron chi connectivity index (χ1n) is 8.54. The van der Waals surface area contributed by atoms with E-state index in [9.17, 15) is 4.79 Å².